The molecule has 0 saturated carbocycles. The normalized spacial score (nSPS) is 15.4. The predicted octanol–water partition coefficient (Wildman–Crippen LogP) is 3.96. The third-order valence-corrected chi connectivity index (χ3v) is 4.90. The third kappa shape index (κ3) is 5.08. The van der Waals surface area contributed by atoms with Gasteiger partial charge >= 0.3 is 0 Å². The highest BCUT2D eigenvalue weighted by molar-refractivity contribution is 5.95. The van der Waals surface area contributed by atoms with E-state index < -0.39 is 6.10 Å². The van der Waals surface area contributed by atoms with Gasteiger partial charge in [0, 0.05) is 0 Å². The maximum absolute atomic E-state index is 12.6. The van der Waals surface area contributed by atoms with E-state index in [-0.39, 0.29) is 29.9 Å². The van der Waals surface area contributed by atoms with Crippen molar-refractivity contribution in [2.45, 2.75) is 52.2 Å². The second-order valence-corrected chi connectivity index (χ2v) is 8.36. The Kier molecular flexibility index (Phi) is 5.82. The van der Waals surface area contributed by atoms with Crippen molar-refractivity contribution in [1.29, 1.82) is 0 Å². The minimum Gasteiger partial charge on any atom is -0.482 e. The van der Waals surface area contributed by atoms with Crippen molar-refractivity contribution in [1.82, 2.24) is 5.32 Å². The first-order chi connectivity index (χ1) is 13.6. The van der Waals surface area contributed by atoms with Crippen molar-refractivity contribution < 1.29 is 19.1 Å². The maximum Gasteiger partial charge on any atom is 0.262 e. The molecule has 154 valence electrons. The Morgan fingerprint density at radius 2 is 1.83 bits per heavy atom. The van der Waals surface area contributed by atoms with Crippen molar-refractivity contribution >= 4 is 17.5 Å². The van der Waals surface area contributed by atoms with Crippen molar-refractivity contribution in [3.05, 3.63) is 53.6 Å². The lowest BCUT2D eigenvalue weighted by Crippen LogP contribution is -2.37. The summed E-state index contributed by atoms with van der Waals surface area (Å²) in [4.78, 5) is 24.1. The van der Waals surface area contributed by atoms with Crippen LogP contribution in [0.5, 0.6) is 11.5 Å². The molecule has 0 bridgehead atoms. The molecule has 6 heteroatoms. The topological polar surface area (TPSA) is 76.7 Å². The molecule has 0 aromatic heterocycles. The maximum atomic E-state index is 12.6. The van der Waals surface area contributed by atoms with Crippen LogP contribution in [-0.4, -0.2) is 24.5 Å². The highest BCUT2D eigenvalue weighted by Crippen LogP contribution is 2.30. The fourth-order valence-corrected chi connectivity index (χ4v) is 3.08. The Bertz CT molecular complexity index is 900. The Hall–Kier alpha value is -3.02. The fourth-order valence-electron chi connectivity index (χ4n) is 3.08. The van der Waals surface area contributed by atoms with Gasteiger partial charge in [-0.25, -0.2) is 0 Å². The zero-order chi connectivity index (χ0) is 21.2. The molecule has 2 aromatic carbocycles. The number of rotatable bonds is 5. The molecular formula is C23H28N2O4. The predicted molar refractivity (Wildman–Crippen MR) is 112 cm³/mol. The second kappa shape index (κ2) is 8.15. The van der Waals surface area contributed by atoms with Crippen LogP contribution in [0.4, 0.5) is 5.69 Å². The molecule has 0 fully saturated rings. The number of carbonyl (C=O) groups is 2. The summed E-state index contributed by atoms with van der Waals surface area (Å²) < 4.78 is 11.2. The number of anilines is 1. The zero-order valence-electron chi connectivity index (χ0n) is 17.5. The molecule has 0 saturated heterocycles. The van der Waals surface area contributed by atoms with Crippen LogP contribution in [0.25, 0.3) is 0 Å². The Labute approximate surface area is 171 Å². The van der Waals surface area contributed by atoms with Crippen LogP contribution in [0.2, 0.25) is 0 Å². The molecular weight excluding hydrogens is 368 g/mol. The number of amides is 2. The molecule has 1 aliphatic heterocycles. The highest BCUT2D eigenvalue weighted by Gasteiger charge is 2.21. The first kappa shape index (κ1) is 20.7. The van der Waals surface area contributed by atoms with E-state index in [0.717, 1.165) is 5.56 Å². The third-order valence-electron chi connectivity index (χ3n) is 4.90. The van der Waals surface area contributed by atoms with Crippen LogP contribution >= 0.6 is 0 Å². The Balaban J connectivity index is 1.60. The van der Waals surface area contributed by atoms with E-state index in [0.29, 0.717) is 17.2 Å². The van der Waals surface area contributed by atoms with E-state index in [1.54, 1.807) is 13.0 Å². The molecule has 2 unspecified atom stereocenters. The van der Waals surface area contributed by atoms with Gasteiger partial charge in [0.2, 0.25) is 0 Å². The summed E-state index contributed by atoms with van der Waals surface area (Å²) in [6.07, 6.45) is -0.640. The van der Waals surface area contributed by atoms with Crippen LogP contribution in [0.15, 0.2) is 42.5 Å². The lowest BCUT2D eigenvalue weighted by molar-refractivity contribution is -0.128. The second-order valence-electron chi connectivity index (χ2n) is 8.36. The molecule has 2 atom stereocenters. The van der Waals surface area contributed by atoms with Gasteiger partial charge in [-0.3, -0.25) is 9.59 Å². The van der Waals surface area contributed by atoms with Crippen molar-refractivity contribution in [3.8, 4) is 11.5 Å². The number of carbonyl (C=O) groups excluding carboxylic acids is 2. The molecule has 1 heterocycles. The number of hydrogen-bond acceptors (Lipinski definition) is 4. The van der Waals surface area contributed by atoms with Gasteiger partial charge in [0.05, 0.1) is 11.7 Å². The lowest BCUT2D eigenvalue weighted by Gasteiger charge is -2.22. The Morgan fingerprint density at radius 1 is 1.14 bits per heavy atom. The monoisotopic (exact) mass is 396 g/mol. The summed E-state index contributed by atoms with van der Waals surface area (Å²) in [5.74, 6) is 0.880. The summed E-state index contributed by atoms with van der Waals surface area (Å²) >= 11 is 0. The van der Waals surface area contributed by atoms with Gasteiger partial charge in [-0.2, -0.15) is 0 Å². The SMILES string of the molecule is CC(Oc1ccc(C(C)(C)C)cc1)C(=O)NC(C)c1ccc2c(c1)NC(=O)CO2. The van der Waals surface area contributed by atoms with E-state index in [1.165, 1.54) is 5.56 Å². The average molecular weight is 396 g/mol. The van der Waals surface area contributed by atoms with Crippen LogP contribution in [0.1, 0.15) is 51.8 Å². The van der Waals surface area contributed by atoms with Crippen LogP contribution < -0.4 is 20.1 Å². The molecule has 0 radical (unpaired) electrons. The average Bonchev–Trinajstić information content (AvgIpc) is 2.67. The zero-order valence-corrected chi connectivity index (χ0v) is 17.5. The van der Waals surface area contributed by atoms with Crippen molar-refractivity contribution in [3.63, 3.8) is 0 Å². The number of benzene rings is 2. The summed E-state index contributed by atoms with van der Waals surface area (Å²) in [6.45, 7) is 10.1. The van der Waals surface area contributed by atoms with Crippen molar-refractivity contribution in [2.75, 3.05) is 11.9 Å². The van der Waals surface area contributed by atoms with E-state index >= 15 is 0 Å². The molecule has 2 N–H and O–H groups in total. The number of nitrogens with one attached hydrogen (secondary N) is 2. The van der Waals surface area contributed by atoms with Crippen LogP contribution in [-0.2, 0) is 15.0 Å². The van der Waals surface area contributed by atoms with E-state index in [9.17, 15) is 9.59 Å². The standard InChI is InChI=1S/C23H28N2O4/c1-14(16-6-11-20-19(12-16)25-21(26)13-28-20)24-22(27)15(2)29-18-9-7-17(8-10-18)23(3,4)5/h6-12,14-15H,13H2,1-5H3,(H,24,27)(H,25,26). The van der Waals surface area contributed by atoms with E-state index in [2.05, 4.69) is 31.4 Å². The molecule has 6 nitrogen and oxygen atoms in total. The summed E-state index contributed by atoms with van der Waals surface area (Å²) in [6, 6.07) is 13.1. The van der Waals surface area contributed by atoms with Crippen molar-refractivity contribution in [2.24, 2.45) is 0 Å². The molecule has 3 rings (SSSR count). The summed E-state index contributed by atoms with van der Waals surface area (Å²) in [5, 5.41) is 5.73. The van der Waals surface area contributed by atoms with Gasteiger partial charge in [0.15, 0.2) is 12.7 Å². The molecule has 0 aliphatic carbocycles. The van der Waals surface area contributed by atoms with Gasteiger partial charge in [0.1, 0.15) is 11.5 Å². The Morgan fingerprint density at radius 3 is 2.48 bits per heavy atom. The highest BCUT2D eigenvalue weighted by atomic mass is 16.5. The number of hydrogen-bond donors (Lipinski definition) is 2. The van der Waals surface area contributed by atoms with Crippen LogP contribution in [0, 0.1) is 0 Å². The molecule has 2 aromatic rings. The largest absolute Gasteiger partial charge is 0.482 e. The fraction of sp³-hybridized carbons (Fsp3) is 0.391. The van der Waals surface area contributed by atoms with Gasteiger partial charge < -0.3 is 20.1 Å². The molecule has 29 heavy (non-hydrogen) atoms. The van der Waals surface area contributed by atoms with Gasteiger partial charge in [-0.15, -0.1) is 0 Å². The molecule has 0 spiro atoms. The van der Waals surface area contributed by atoms with Gasteiger partial charge in [-0.05, 0) is 54.7 Å². The first-order valence-electron chi connectivity index (χ1n) is 9.77. The first-order valence-corrected chi connectivity index (χ1v) is 9.77. The minimum atomic E-state index is -0.640. The van der Waals surface area contributed by atoms with E-state index in [4.69, 9.17) is 9.47 Å². The van der Waals surface area contributed by atoms with Crippen LogP contribution in [0.3, 0.4) is 0 Å². The lowest BCUT2D eigenvalue weighted by atomic mass is 9.87. The minimum absolute atomic E-state index is 0.0181. The van der Waals surface area contributed by atoms with Gasteiger partial charge in [0.25, 0.3) is 11.8 Å². The smallest absolute Gasteiger partial charge is 0.262 e. The summed E-state index contributed by atoms with van der Waals surface area (Å²) in [7, 11) is 0. The number of ether oxygens (including phenoxy) is 2. The van der Waals surface area contributed by atoms with Gasteiger partial charge in [-0.1, -0.05) is 39.0 Å². The van der Waals surface area contributed by atoms with E-state index in [1.807, 2.05) is 43.3 Å². The molecule has 1 aliphatic rings. The molecule has 2 amide bonds. The summed E-state index contributed by atoms with van der Waals surface area (Å²) in [5.41, 5.74) is 2.75. The quantitative estimate of drug-likeness (QED) is 0.802. The number of fused-ring (bicyclic) bond motifs is 1.